The van der Waals surface area contributed by atoms with E-state index in [0.29, 0.717) is 17.7 Å². The minimum absolute atomic E-state index is 0.00940. The van der Waals surface area contributed by atoms with Crippen LogP contribution >= 0.6 is 0 Å². The van der Waals surface area contributed by atoms with Gasteiger partial charge in [-0.2, -0.15) is 0 Å². The number of anilines is 1. The van der Waals surface area contributed by atoms with Gasteiger partial charge in [0.2, 0.25) is 0 Å². The predicted molar refractivity (Wildman–Crippen MR) is 66.6 cm³/mol. The summed E-state index contributed by atoms with van der Waals surface area (Å²) in [4.78, 5) is 10.9. The third-order valence-electron chi connectivity index (χ3n) is 3.04. The van der Waals surface area contributed by atoms with Crippen LogP contribution in [0.2, 0.25) is 0 Å². The zero-order valence-corrected chi connectivity index (χ0v) is 10.7. The summed E-state index contributed by atoms with van der Waals surface area (Å²) in [7, 11) is 0. The van der Waals surface area contributed by atoms with Gasteiger partial charge in [0, 0.05) is 25.2 Å². The second-order valence-electron chi connectivity index (χ2n) is 4.71. The summed E-state index contributed by atoms with van der Waals surface area (Å²) >= 11 is 0. The minimum atomic E-state index is 0.00940. The van der Waals surface area contributed by atoms with Crippen LogP contribution in [0.25, 0.3) is 0 Å². The van der Waals surface area contributed by atoms with E-state index >= 15 is 0 Å². The monoisotopic (exact) mass is 236 g/mol. The number of aromatic nitrogens is 2. The number of nitrogens with zero attached hydrogens (tertiary/aromatic N) is 3. The van der Waals surface area contributed by atoms with E-state index in [1.807, 2.05) is 13.0 Å². The van der Waals surface area contributed by atoms with Crippen LogP contribution in [-0.2, 0) is 4.74 Å². The molecule has 0 aliphatic carbocycles. The van der Waals surface area contributed by atoms with Crippen molar-refractivity contribution in [2.24, 2.45) is 0 Å². The zero-order valence-electron chi connectivity index (χ0n) is 10.7. The molecule has 1 aromatic rings. The van der Waals surface area contributed by atoms with E-state index in [2.05, 4.69) is 28.7 Å². The number of aryl methyl sites for hydroxylation is 1. The summed E-state index contributed by atoms with van der Waals surface area (Å²) in [6.07, 6.45) is 0.00940. The number of morpholine rings is 1. The van der Waals surface area contributed by atoms with Gasteiger partial charge in [-0.05, 0) is 20.8 Å². The highest BCUT2D eigenvalue weighted by Crippen LogP contribution is 2.22. The lowest BCUT2D eigenvalue weighted by Crippen LogP contribution is -2.42. The third-order valence-corrected chi connectivity index (χ3v) is 3.04. The average molecular weight is 236 g/mol. The van der Waals surface area contributed by atoms with Gasteiger partial charge in [-0.3, -0.25) is 4.90 Å². The summed E-state index contributed by atoms with van der Waals surface area (Å²) in [6, 6.07) is 2.34. The first-order valence-corrected chi connectivity index (χ1v) is 6.03. The molecular weight excluding hydrogens is 216 g/mol. The molecule has 0 unspecified atom stereocenters. The van der Waals surface area contributed by atoms with Gasteiger partial charge in [0.05, 0.1) is 12.3 Å². The fourth-order valence-corrected chi connectivity index (χ4v) is 2.10. The van der Waals surface area contributed by atoms with Crippen LogP contribution in [-0.4, -0.2) is 40.6 Å². The largest absolute Gasteiger partial charge is 0.384 e. The molecule has 1 atom stereocenters. The van der Waals surface area contributed by atoms with Crippen LogP contribution in [0.4, 0.5) is 5.82 Å². The third kappa shape index (κ3) is 2.92. The first-order valence-electron chi connectivity index (χ1n) is 6.03. The van der Waals surface area contributed by atoms with Crippen molar-refractivity contribution >= 4 is 5.82 Å². The van der Waals surface area contributed by atoms with Crippen LogP contribution in [0.1, 0.15) is 31.5 Å². The van der Waals surface area contributed by atoms with Crippen molar-refractivity contribution in [2.45, 2.75) is 32.9 Å². The summed E-state index contributed by atoms with van der Waals surface area (Å²) < 4.78 is 5.77. The highest BCUT2D eigenvalue weighted by Gasteiger charge is 2.24. The van der Waals surface area contributed by atoms with Crippen molar-refractivity contribution in [3.63, 3.8) is 0 Å². The maximum atomic E-state index is 5.77. The first kappa shape index (κ1) is 12.3. The average Bonchev–Trinajstić information content (AvgIpc) is 2.28. The van der Waals surface area contributed by atoms with E-state index in [4.69, 9.17) is 10.5 Å². The highest BCUT2D eigenvalue weighted by molar-refractivity contribution is 5.30. The molecule has 2 heterocycles. The van der Waals surface area contributed by atoms with E-state index in [0.717, 1.165) is 25.4 Å². The van der Waals surface area contributed by atoms with Gasteiger partial charge in [-0.15, -0.1) is 0 Å². The first-order chi connectivity index (χ1) is 8.06. The van der Waals surface area contributed by atoms with Gasteiger partial charge in [0.1, 0.15) is 17.7 Å². The molecule has 5 nitrogen and oxygen atoms in total. The lowest BCUT2D eigenvalue weighted by molar-refractivity contribution is -0.0422. The van der Waals surface area contributed by atoms with Crippen molar-refractivity contribution in [1.82, 2.24) is 14.9 Å². The van der Waals surface area contributed by atoms with Gasteiger partial charge in [-0.1, -0.05) is 0 Å². The molecule has 17 heavy (non-hydrogen) atoms. The molecule has 1 fully saturated rings. The Hall–Kier alpha value is -1.20. The molecule has 0 aromatic carbocycles. The fraction of sp³-hybridized carbons (Fsp3) is 0.667. The van der Waals surface area contributed by atoms with Crippen LogP contribution in [0, 0.1) is 6.92 Å². The summed E-state index contributed by atoms with van der Waals surface area (Å²) in [6.45, 7) is 8.83. The molecule has 0 spiro atoms. The standard InChI is InChI=1S/C12H20N4O/c1-8(2)16-4-5-17-11(7-16)10-6-12(13)15-9(3)14-10/h6,8,11H,4-5,7H2,1-3H3,(H2,13,14,15)/t11-/m1/s1. The topological polar surface area (TPSA) is 64.3 Å². The van der Waals surface area contributed by atoms with Gasteiger partial charge in [-0.25, -0.2) is 9.97 Å². The lowest BCUT2D eigenvalue weighted by atomic mass is 10.1. The number of ether oxygens (including phenoxy) is 1. The molecule has 1 aromatic heterocycles. The van der Waals surface area contributed by atoms with Gasteiger partial charge >= 0.3 is 0 Å². The van der Waals surface area contributed by atoms with Crippen molar-refractivity contribution in [2.75, 3.05) is 25.4 Å². The molecule has 1 aliphatic rings. The Bertz CT molecular complexity index is 374. The maximum Gasteiger partial charge on any atom is 0.128 e. The highest BCUT2D eigenvalue weighted by atomic mass is 16.5. The molecule has 2 rings (SSSR count). The Morgan fingerprint density at radius 1 is 1.47 bits per heavy atom. The smallest absolute Gasteiger partial charge is 0.128 e. The van der Waals surface area contributed by atoms with Crippen LogP contribution in [0.3, 0.4) is 0 Å². The van der Waals surface area contributed by atoms with E-state index < -0.39 is 0 Å². The number of hydrogen-bond donors (Lipinski definition) is 1. The fourth-order valence-electron chi connectivity index (χ4n) is 2.10. The summed E-state index contributed by atoms with van der Waals surface area (Å²) in [5.74, 6) is 1.21. The summed E-state index contributed by atoms with van der Waals surface area (Å²) in [5.41, 5.74) is 6.63. The molecule has 1 saturated heterocycles. The lowest BCUT2D eigenvalue weighted by Gasteiger charge is -2.35. The minimum Gasteiger partial charge on any atom is -0.384 e. The predicted octanol–water partition coefficient (Wildman–Crippen LogP) is 1.15. The number of nitrogens with two attached hydrogens (primary N) is 1. The van der Waals surface area contributed by atoms with Crippen LogP contribution in [0.15, 0.2) is 6.07 Å². The van der Waals surface area contributed by atoms with Gasteiger partial charge < -0.3 is 10.5 Å². The van der Waals surface area contributed by atoms with E-state index in [-0.39, 0.29) is 6.10 Å². The van der Waals surface area contributed by atoms with Crippen molar-refractivity contribution in [3.8, 4) is 0 Å². The molecule has 5 heteroatoms. The second-order valence-corrected chi connectivity index (χ2v) is 4.71. The Balaban J connectivity index is 2.16. The maximum absolute atomic E-state index is 5.77. The SMILES string of the molecule is Cc1nc(N)cc([C@H]2CN(C(C)C)CCO2)n1. The van der Waals surface area contributed by atoms with Crippen molar-refractivity contribution in [1.29, 1.82) is 0 Å². The normalized spacial score (nSPS) is 22.0. The van der Waals surface area contributed by atoms with E-state index in [1.54, 1.807) is 0 Å². The number of hydrogen-bond acceptors (Lipinski definition) is 5. The Kier molecular flexibility index (Phi) is 3.59. The molecule has 2 N–H and O–H groups in total. The van der Waals surface area contributed by atoms with Gasteiger partial charge in [0.15, 0.2) is 0 Å². The second kappa shape index (κ2) is 4.98. The number of rotatable bonds is 2. The molecule has 0 amide bonds. The van der Waals surface area contributed by atoms with E-state index in [9.17, 15) is 0 Å². The van der Waals surface area contributed by atoms with Gasteiger partial charge in [0.25, 0.3) is 0 Å². The molecule has 0 saturated carbocycles. The van der Waals surface area contributed by atoms with Crippen LogP contribution < -0.4 is 5.73 Å². The van der Waals surface area contributed by atoms with Crippen molar-refractivity contribution < 1.29 is 4.74 Å². The molecular formula is C12H20N4O. The Morgan fingerprint density at radius 2 is 2.24 bits per heavy atom. The molecule has 0 radical (unpaired) electrons. The molecule has 1 aliphatic heterocycles. The number of nitrogen functional groups attached to an aromatic ring is 1. The molecule has 0 bridgehead atoms. The quantitative estimate of drug-likeness (QED) is 0.834. The Morgan fingerprint density at radius 3 is 2.88 bits per heavy atom. The zero-order chi connectivity index (χ0) is 12.4. The van der Waals surface area contributed by atoms with E-state index in [1.165, 1.54) is 0 Å². The van der Waals surface area contributed by atoms with Crippen molar-refractivity contribution in [3.05, 3.63) is 17.6 Å². The van der Waals surface area contributed by atoms with Crippen LogP contribution in [0.5, 0.6) is 0 Å². The summed E-state index contributed by atoms with van der Waals surface area (Å²) in [5, 5.41) is 0. The Labute approximate surface area is 102 Å². The molecule has 94 valence electrons.